The van der Waals surface area contributed by atoms with Gasteiger partial charge in [-0.05, 0) is 19.8 Å². The van der Waals surface area contributed by atoms with E-state index in [1.54, 1.807) is 16.5 Å². The molecule has 1 aromatic heterocycles. The van der Waals surface area contributed by atoms with Crippen LogP contribution in [0.3, 0.4) is 0 Å². The average molecular weight is 226 g/mol. The van der Waals surface area contributed by atoms with E-state index >= 15 is 0 Å². The van der Waals surface area contributed by atoms with Gasteiger partial charge in [-0.25, -0.2) is 4.98 Å². The Morgan fingerprint density at radius 1 is 1.73 bits per heavy atom. The molecule has 82 valence electrons. The molecule has 1 saturated heterocycles. The molecule has 1 amide bonds. The summed E-state index contributed by atoms with van der Waals surface area (Å²) in [5.74, 6) is -0.0472. The number of nitrogens with zero attached hydrogens (tertiary/aromatic N) is 2. The Labute approximate surface area is 92.6 Å². The first kappa shape index (κ1) is 10.6. The van der Waals surface area contributed by atoms with Crippen molar-refractivity contribution in [3.05, 3.63) is 16.6 Å². The Morgan fingerprint density at radius 3 is 3.13 bits per heavy atom. The zero-order valence-electron chi connectivity index (χ0n) is 8.59. The van der Waals surface area contributed by atoms with Crippen LogP contribution in [0.4, 0.5) is 0 Å². The fourth-order valence-corrected chi connectivity index (χ4v) is 2.63. The molecule has 1 aromatic rings. The Hall–Kier alpha value is -0.940. The van der Waals surface area contributed by atoms with E-state index in [9.17, 15) is 9.90 Å². The highest BCUT2D eigenvalue weighted by Gasteiger charge is 2.35. The van der Waals surface area contributed by atoms with Gasteiger partial charge in [0.1, 0.15) is 0 Å². The van der Waals surface area contributed by atoms with Crippen LogP contribution >= 0.6 is 11.3 Å². The quantitative estimate of drug-likeness (QED) is 0.822. The smallest absolute Gasteiger partial charge is 0.283 e. The molecule has 0 aliphatic carbocycles. The van der Waals surface area contributed by atoms with Gasteiger partial charge in [-0.3, -0.25) is 4.79 Å². The minimum atomic E-state index is -0.0472. The molecule has 2 atom stereocenters. The molecule has 0 radical (unpaired) electrons. The fraction of sp³-hybridized carbons (Fsp3) is 0.600. The van der Waals surface area contributed by atoms with Crippen molar-refractivity contribution in [3.63, 3.8) is 0 Å². The van der Waals surface area contributed by atoms with Crippen molar-refractivity contribution >= 4 is 17.2 Å². The van der Waals surface area contributed by atoms with E-state index in [0.29, 0.717) is 5.01 Å². The van der Waals surface area contributed by atoms with Crippen molar-refractivity contribution in [2.24, 2.45) is 0 Å². The van der Waals surface area contributed by atoms with Gasteiger partial charge in [-0.2, -0.15) is 0 Å². The molecule has 15 heavy (non-hydrogen) atoms. The molecule has 2 heterocycles. The van der Waals surface area contributed by atoms with E-state index in [4.69, 9.17) is 0 Å². The molecular formula is C10H14N2O2S. The topological polar surface area (TPSA) is 53.4 Å². The lowest BCUT2D eigenvalue weighted by Crippen LogP contribution is -2.41. The lowest BCUT2D eigenvalue weighted by molar-refractivity contribution is 0.0611. The minimum absolute atomic E-state index is 0.0311. The fourth-order valence-electron chi connectivity index (χ4n) is 2.06. The van der Waals surface area contributed by atoms with Gasteiger partial charge >= 0.3 is 0 Å². The first-order chi connectivity index (χ1) is 7.24. The zero-order valence-corrected chi connectivity index (χ0v) is 9.41. The third-order valence-electron chi connectivity index (χ3n) is 2.85. The number of aliphatic hydroxyl groups excluding tert-OH is 1. The van der Waals surface area contributed by atoms with Gasteiger partial charge in [0.2, 0.25) is 0 Å². The molecule has 1 aliphatic heterocycles. The highest BCUT2D eigenvalue weighted by Crippen LogP contribution is 2.26. The van der Waals surface area contributed by atoms with Crippen molar-refractivity contribution < 1.29 is 9.90 Å². The number of aliphatic hydroxyl groups is 1. The van der Waals surface area contributed by atoms with Gasteiger partial charge in [0.25, 0.3) is 5.91 Å². The highest BCUT2D eigenvalue weighted by molar-refractivity contribution is 7.11. The SMILES string of the molecule is C[C@@H]1CC[C@H](CO)N1C(=O)c1nccs1. The predicted molar refractivity (Wildman–Crippen MR) is 57.9 cm³/mol. The number of likely N-dealkylation sites (tertiary alicyclic amines) is 1. The standard InChI is InChI=1S/C10H14N2O2S/c1-7-2-3-8(6-13)12(7)10(14)9-11-4-5-15-9/h4-5,7-8,13H,2-3,6H2,1H3/t7-,8-/m1/s1. The second kappa shape index (κ2) is 4.28. The number of thiazole rings is 1. The summed E-state index contributed by atoms with van der Waals surface area (Å²) in [6, 6.07) is 0.176. The average Bonchev–Trinajstić information content (AvgIpc) is 2.85. The van der Waals surface area contributed by atoms with Gasteiger partial charge in [0.05, 0.1) is 12.6 Å². The molecule has 4 nitrogen and oxygen atoms in total. The minimum Gasteiger partial charge on any atom is -0.394 e. The van der Waals surface area contributed by atoms with Crippen molar-refractivity contribution in [2.75, 3.05) is 6.61 Å². The van der Waals surface area contributed by atoms with Gasteiger partial charge < -0.3 is 10.0 Å². The normalized spacial score (nSPS) is 25.9. The van der Waals surface area contributed by atoms with Crippen LogP contribution < -0.4 is 0 Å². The molecule has 0 aromatic carbocycles. The van der Waals surface area contributed by atoms with Crippen molar-refractivity contribution in [2.45, 2.75) is 31.8 Å². The summed E-state index contributed by atoms with van der Waals surface area (Å²) in [7, 11) is 0. The number of carbonyl (C=O) groups excluding carboxylic acids is 1. The summed E-state index contributed by atoms with van der Waals surface area (Å²) in [5, 5.41) is 11.5. The van der Waals surface area contributed by atoms with Crippen LogP contribution in [0.1, 0.15) is 29.6 Å². The Balaban J connectivity index is 2.18. The number of aromatic nitrogens is 1. The molecule has 1 aliphatic rings. The van der Waals surface area contributed by atoms with Crippen LogP contribution in [-0.4, -0.2) is 39.6 Å². The molecule has 2 rings (SSSR count). The van der Waals surface area contributed by atoms with Crippen molar-refractivity contribution in [3.8, 4) is 0 Å². The van der Waals surface area contributed by atoms with E-state index in [0.717, 1.165) is 12.8 Å². The summed E-state index contributed by atoms with van der Waals surface area (Å²) >= 11 is 1.35. The monoisotopic (exact) mass is 226 g/mol. The van der Waals surface area contributed by atoms with E-state index in [2.05, 4.69) is 4.98 Å². The molecule has 5 heteroatoms. The number of amides is 1. The van der Waals surface area contributed by atoms with E-state index < -0.39 is 0 Å². The summed E-state index contributed by atoms with van der Waals surface area (Å²) in [6.07, 6.45) is 3.48. The second-order valence-corrected chi connectivity index (χ2v) is 4.71. The Kier molecular flexibility index (Phi) is 3.02. The first-order valence-corrected chi connectivity index (χ1v) is 5.95. The maximum Gasteiger partial charge on any atom is 0.283 e. The summed E-state index contributed by atoms with van der Waals surface area (Å²) in [4.78, 5) is 17.8. The first-order valence-electron chi connectivity index (χ1n) is 5.07. The summed E-state index contributed by atoms with van der Waals surface area (Å²) < 4.78 is 0. The van der Waals surface area contributed by atoms with Crippen LogP contribution in [0.2, 0.25) is 0 Å². The molecule has 0 unspecified atom stereocenters. The van der Waals surface area contributed by atoms with Crippen LogP contribution in [0.5, 0.6) is 0 Å². The summed E-state index contributed by atoms with van der Waals surface area (Å²) in [6.45, 7) is 2.06. The highest BCUT2D eigenvalue weighted by atomic mass is 32.1. The van der Waals surface area contributed by atoms with E-state index in [-0.39, 0.29) is 24.6 Å². The Bertz CT molecular complexity index is 339. The molecular weight excluding hydrogens is 212 g/mol. The maximum atomic E-state index is 12.1. The largest absolute Gasteiger partial charge is 0.394 e. The van der Waals surface area contributed by atoms with Gasteiger partial charge in [-0.1, -0.05) is 0 Å². The zero-order chi connectivity index (χ0) is 10.8. The lowest BCUT2D eigenvalue weighted by Gasteiger charge is -2.26. The van der Waals surface area contributed by atoms with Gasteiger partial charge in [-0.15, -0.1) is 11.3 Å². The molecule has 1 N–H and O–H groups in total. The second-order valence-electron chi connectivity index (χ2n) is 3.81. The van der Waals surface area contributed by atoms with Crippen LogP contribution in [-0.2, 0) is 0 Å². The molecule has 0 saturated carbocycles. The number of rotatable bonds is 2. The van der Waals surface area contributed by atoms with Crippen LogP contribution in [0, 0.1) is 0 Å². The molecule has 1 fully saturated rings. The maximum absolute atomic E-state index is 12.1. The number of hydrogen-bond acceptors (Lipinski definition) is 4. The summed E-state index contributed by atoms with van der Waals surface area (Å²) in [5.41, 5.74) is 0. The third-order valence-corrected chi connectivity index (χ3v) is 3.61. The Morgan fingerprint density at radius 2 is 2.53 bits per heavy atom. The van der Waals surface area contributed by atoms with E-state index in [1.165, 1.54) is 11.3 Å². The molecule has 0 spiro atoms. The van der Waals surface area contributed by atoms with Crippen LogP contribution in [0.25, 0.3) is 0 Å². The van der Waals surface area contributed by atoms with Crippen LogP contribution in [0.15, 0.2) is 11.6 Å². The predicted octanol–water partition coefficient (Wildman–Crippen LogP) is 1.13. The third kappa shape index (κ3) is 1.89. The number of hydrogen-bond donors (Lipinski definition) is 1. The van der Waals surface area contributed by atoms with E-state index in [1.807, 2.05) is 6.92 Å². The lowest BCUT2D eigenvalue weighted by atomic mass is 10.2. The number of carbonyl (C=O) groups is 1. The molecule has 0 bridgehead atoms. The van der Waals surface area contributed by atoms with Gasteiger partial charge in [0, 0.05) is 17.6 Å². The van der Waals surface area contributed by atoms with Crippen molar-refractivity contribution in [1.29, 1.82) is 0 Å². The van der Waals surface area contributed by atoms with Gasteiger partial charge in [0.15, 0.2) is 5.01 Å². The van der Waals surface area contributed by atoms with Crippen molar-refractivity contribution in [1.82, 2.24) is 9.88 Å².